The fourth-order valence-corrected chi connectivity index (χ4v) is 2.09. The van der Waals surface area contributed by atoms with Crippen molar-refractivity contribution >= 4 is 11.8 Å². The molecular weight excluding hydrogens is 290 g/mol. The van der Waals surface area contributed by atoms with Crippen LogP contribution in [0.5, 0.6) is 0 Å². The first-order chi connectivity index (χ1) is 10.6. The number of hydrogen-bond acceptors (Lipinski definition) is 3. The topological polar surface area (TPSA) is 61.4 Å². The van der Waals surface area contributed by atoms with Crippen molar-refractivity contribution < 1.29 is 9.59 Å². The molecule has 2 N–H and O–H groups in total. The van der Waals surface area contributed by atoms with Crippen LogP contribution in [0.2, 0.25) is 0 Å². The van der Waals surface area contributed by atoms with Gasteiger partial charge in [-0.25, -0.2) is 0 Å². The van der Waals surface area contributed by atoms with Crippen molar-refractivity contribution in [3.63, 3.8) is 0 Å². The number of benzene rings is 1. The van der Waals surface area contributed by atoms with E-state index in [1.165, 1.54) is 0 Å². The van der Waals surface area contributed by atoms with Crippen molar-refractivity contribution in [2.24, 2.45) is 0 Å². The van der Waals surface area contributed by atoms with Gasteiger partial charge in [-0.15, -0.1) is 0 Å². The summed E-state index contributed by atoms with van der Waals surface area (Å²) in [6.07, 6.45) is 0. The van der Waals surface area contributed by atoms with E-state index < -0.39 is 6.04 Å². The van der Waals surface area contributed by atoms with Crippen LogP contribution in [0.4, 0.5) is 0 Å². The van der Waals surface area contributed by atoms with Crippen molar-refractivity contribution in [1.29, 1.82) is 0 Å². The Kier molecular flexibility index (Phi) is 6.76. The maximum Gasteiger partial charge on any atom is 0.242 e. The van der Waals surface area contributed by atoms with Gasteiger partial charge in [0.1, 0.15) is 6.04 Å². The van der Waals surface area contributed by atoms with E-state index in [9.17, 15) is 9.59 Å². The van der Waals surface area contributed by atoms with E-state index in [4.69, 9.17) is 0 Å². The Morgan fingerprint density at radius 1 is 1.09 bits per heavy atom. The van der Waals surface area contributed by atoms with Crippen LogP contribution in [0.3, 0.4) is 0 Å². The van der Waals surface area contributed by atoms with E-state index in [0.717, 1.165) is 5.56 Å². The number of hydrogen-bond donors (Lipinski definition) is 2. The lowest BCUT2D eigenvalue weighted by Crippen LogP contribution is -2.53. The van der Waals surface area contributed by atoms with Crippen molar-refractivity contribution in [2.75, 3.05) is 7.05 Å². The lowest BCUT2D eigenvalue weighted by Gasteiger charge is -2.27. The molecule has 1 aromatic carbocycles. The first kappa shape index (κ1) is 19.2. The highest BCUT2D eigenvalue weighted by Gasteiger charge is 2.24. The summed E-state index contributed by atoms with van der Waals surface area (Å²) in [6, 6.07) is 9.10. The number of rotatable bonds is 6. The second-order valence-electron chi connectivity index (χ2n) is 7.05. The molecule has 0 spiro atoms. The van der Waals surface area contributed by atoms with Gasteiger partial charge in [0.05, 0.1) is 6.04 Å². The summed E-state index contributed by atoms with van der Waals surface area (Å²) < 4.78 is 0. The zero-order chi connectivity index (χ0) is 17.6. The van der Waals surface area contributed by atoms with Crippen molar-refractivity contribution in [3.05, 3.63) is 35.9 Å². The monoisotopic (exact) mass is 319 g/mol. The van der Waals surface area contributed by atoms with Gasteiger partial charge < -0.3 is 10.6 Å². The van der Waals surface area contributed by atoms with Crippen molar-refractivity contribution in [1.82, 2.24) is 15.5 Å². The lowest BCUT2D eigenvalue weighted by atomic mass is 10.1. The standard InChI is InChI=1S/C18H29N3O2/c1-13(16(22)20-18(3,4)5)19-17(23)14(2)21(6)12-15-10-8-7-9-11-15/h7-11,13-14H,12H2,1-6H3,(H,19,23)(H,20,22)/t13-,14+/m1/s1. The third-order valence-corrected chi connectivity index (χ3v) is 3.57. The molecule has 1 aromatic rings. The molecule has 1 rings (SSSR count). The van der Waals surface area contributed by atoms with E-state index in [1.807, 2.05) is 70.0 Å². The van der Waals surface area contributed by atoms with Gasteiger partial charge in [0.15, 0.2) is 0 Å². The molecule has 0 saturated heterocycles. The normalized spacial score (nSPS) is 14.2. The van der Waals surface area contributed by atoms with Gasteiger partial charge in [-0.05, 0) is 47.2 Å². The van der Waals surface area contributed by atoms with Crippen molar-refractivity contribution in [2.45, 2.75) is 58.8 Å². The number of nitrogens with one attached hydrogen (secondary N) is 2. The Hall–Kier alpha value is -1.88. The van der Waals surface area contributed by atoms with E-state index in [0.29, 0.717) is 6.54 Å². The first-order valence-electron chi connectivity index (χ1n) is 7.96. The molecule has 0 radical (unpaired) electrons. The molecule has 0 unspecified atom stereocenters. The second kappa shape index (κ2) is 8.11. The van der Waals surface area contributed by atoms with Crippen LogP contribution in [-0.2, 0) is 16.1 Å². The minimum absolute atomic E-state index is 0.153. The molecule has 2 amide bonds. The molecular formula is C18H29N3O2. The van der Waals surface area contributed by atoms with Crippen LogP contribution in [-0.4, -0.2) is 41.4 Å². The minimum Gasteiger partial charge on any atom is -0.350 e. The Balaban J connectivity index is 2.54. The van der Waals surface area contributed by atoms with Crippen LogP contribution >= 0.6 is 0 Å². The fourth-order valence-electron chi connectivity index (χ4n) is 2.09. The maximum absolute atomic E-state index is 12.3. The molecule has 0 aliphatic heterocycles. The highest BCUT2D eigenvalue weighted by Crippen LogP contribution is 2.06. The summed E-state index contributed by atoms with van der Waals surface area (Å²) in [7, 11) is 1.90. The highest BCUT2D eigenvalue weighted by molar-refractivity contribution is 5.89. The third kappa shape index (κ3) is 6.82. The molecule has 23 heavy (non-hydrogen) atoms. The zero-order valence-corrected chi connectivity index (χ0v) is 15.0. The van der Waals surface area contributed by atoms with E-state index in [-0.39, 0.29) is 23.4 Å². The van der Waals surface area contributed by atoms with Crippen LogP contribution in [0.1, 0.15) is 40.2 Å². The molecule has 2 atom stereocenters. The number of carbonyl (C=O) groups excluding carboxylic acids is 2. The number of amides is 2. The van der Waals surface area contributed by atoms with Gasteiger partial charge in [-0.1, -0.05) is 30.3 Å². The molecule has 0 heterocycles. The molecule has 0 aliphatic carbocycles. The molecule has 0 aromatic heterocycles. The highest BCUT2D eigenvalue weighted by atomic mass is 16.2. The van der Waals surface area contributed by atoms with Gasteiger partial charge >= 0.3 is 0 Å². The molecule has 0 fully saturated rings. The molecule has 0 bridgehead atoms. The third-order valence-electron chi connectivity index (χ3n) is 3.57. The lowest BCUT2D eigenvalue weighted by molar-refractivity contribution is -0.131. The average Bonchev–Trinajstić information content (AvgIpc) is 2.45. The second-order valence-corrected chi connectivity index (χ2v) is 7.05. The Labute approximate surface area is 139 Å². The maximum atomic E-state index is 12.3. The summed E-state index contributed by atoms with van der Waals surface area (Å²) in [5.41, 5.74) is 0.833. The Morgan fingerprint density at radius 3 is 2.17 bits per heavy atom. The van der Waals surface area contributed by atoms with E-state index in [2.05, 4.69) is 10.6 Å². The van der Waals surface area contributed by atoms with Gasteiger partial charge in [-0.2, -0.15) is 0 Å². The SMILES string of the molecule is C[C@@H](NC(=O)[C@H](C)N(C)Cc1ccccc1)C(=O)NC(C)(C)C. The largest absolute Gasteiger partial charge is 0.350 e. The van der Waals surface area contributed by atoms with Crippen LogP contribution in [0.15, 0.2) is 30.3 Å². The fraction of sp³-hybridized carbons (Fsp3) is 0.556. The molecule has 0 saturated carbocycles. The average molecular weight is 319 g/mol. The van der Waals surface area contributed by atoms with Gasteiger partial charge in [0.2, 0.25) is 11.8 Å². The number of carbonyl (C=O) groups is 2. The zero-order valence-electron chi connectivity index (χ0n) is 15.0. The molecule has 5 nitrogen and oxygen atoms in total. The Bertz CT molecular complexity index is 523. The predicted molar refractivity (Wildman–Crippen MR) is 92.9 cm³/mol. The number of likely N-dealkylation sites (N-methyl/N-ethyl adjacent to an activating group) is 1. The van der Waals surface area contributed by atoms with Crippen molar-refractivity contribution in [3.8, 4) is 0 Å². The molecule has 5 heteroatoms. The Morgan fingerprint density at radius 2 is 1.65 bits per heavy atom. The first-order valence-corrected chi connectivity index (χ1v) is 7.96. The molecule has 128 valence electrons. The summed E-state index contributed by atoms with van der Waals surface area (Å²) in [6.45, 7) is 9.95. The summed E-state index contributed by atoms with van der Waals surface area (Å²) in [5, 5.41) is 5.64. The number of nitrogens with zero attached hydrogens (tertiary/aromatic N) is 1. The molecule has 0 aliphatic rings. The van der Waals surface area contributed by atoms with Crippen LogP contribution < -0.4 is 10.6 Å². The smallest absolute Gasteiger partial charge is 0.242 e. The summed E-state index contributed by atoms with van der Waals surface area (Å²) in [5.74, 6) is -0.330. The van der Waals surface area contributed by atoms with Gasteiger partial charge in [0.25, 0.3) is 0 Å². The minimum atomic E-state index is -0.561. The van der Waals surface area contributed by atoms with Crippen LogP contribution in [0, 0.1) is 0 Å². The summed E-state index contributed by atoms with van der Waals surface area (Å²) >= 11 is 0. The predicted octanol–water partition coefficient (Wildman–Crippen LogP) is 1.93. The van der Waals surface area contributed by atoms with Gasteiger partial charge in [-0.3, -0.25) is 14.5 Å². The van der Waals surface area contributed by atoms with Crippen LogP contribution in [0.25, 0.3) is 0 Å². The van der Waals surface area contributed by atoms with E-state index in [1.54, 1.807) is 6.92 Å². The quantitative estimate of drug-likeness (QED) is 0.842. The van der Waals surface area contributed by atoms with E-state index >= 15 is 0 Å². The summed E-state index contributed by atoms with van der Waals surface area (Å²) in [4.78, 5) is 26.3. The van der Waals surface area contributed by atoms with Gasteiger partial charge in [0, 0.05) is 12.1 Å².